The Kier molecular flexibility index (Phi) is 18.9. The summed E-state index contributed by atoms with van der Waals surface area (Å²) in [6.07, 6.45) is 6.63. The Bertz CT molecular complexity index is 674. The molecule has 0 heterocycles. The number of hydrogen-bond acceptors (Lipinski definition) is 7. The zero-order valence-corrected chi connectivity index (χ0v) is 22.4. The van der Waals surface area contributed by atoms with Crippen molar-refractivity contribution in [3.63, 3.8) is 0 Å². The number of aliphatic carboxylic acids is 1. The molecule has 0 fully saturated rings. The van der Waals surface area contributed by atoms with Gasteiger partial charge in [0, 0.05) is 31.8 Å². The molecule has 0 aliphatic carbocycles. The number of rotatable bonds is 21. The van der Waals surface area contributed by atoms with Crippen LogP contribution in [-0.4, -0.2) is 77.8 Å². The third-order valence-corrected chi connectivity index (χ3v) is 5.91. The predicted molar refractivity (Wildman–Crippen MR) is 138 cm³/mol. The monoisotopic (exact) mass is 516 g/mol. The highest BCUT2D eigenvalue weighted by Crippen LogP contribution is 2.05. The number of carbonyl (C=O) groups is 5. The van der Waals surface area contributed by atoms with Gasteiger partial charge in [-0.05, 0) is 50.5 Å². The van der Waals surface area contributed by atoms with Gasteiger partial charge in [-0.2, -0.15) is 11.8 Å². The van der Waals surface area contributed by atoms with Crippen molar-refractivity contribution in [2.75, 3.05) is 25.1 Å². The molecule has 5 N–H and O–H groups in total. The molecule has 0 aromatic rings. The third-order valence-electron chi connectivity index (χ3n) is 5.26. The van der Waals surface area contributed by atoms with Crippen LogP contribution in [0.1, 0.15) is 78.6 Å². The molecule has 0 radical (unpaired) electrons. The van der Waals surface area contributed by atoms with Gasteiger partial charge in [-0.1, -0.05) is 20.8 Å². The summed E-state index contributed by atoms with van der Waals surface area (Å²) in [5, 5.41) is 20.4. The largest absolute Gasteiger partial charge is 0.480 e. The maximum Gasteiger partial charge on any atom is 0.326 e. The van der Waals surface area contributed by atoms with Crippen molar-refractivity contribution in [3.05, 3.63) is 0 Å². The molecule has 0 bridgehead atoms. The van der Waals surface area contributed by atoms with Crippen molar-refractivity contribution in [2.24, 2.45) is 0 Å². The molecule has 10 nitrogen and oxygen atoms in total. The highest BCUT2D eigenvalue weighted by Gasteiger charge is 2.22. The van der Waals surface area contributed by atoms with Crippen LogP contribution in [0.25, 0.3) is 0 Å². The van der Waals surface area contributed by atoms with Crippen LogP contribution < -0.4 is 21.3 Å². The van der Waals surface area contributed by atoms with Crippen LogP contribution in [0.5, 0.6) is 0 Å². The molecule has 0 saturated heterocycles. The van der Waals surface area contributed by atoms with Gasteiger partial charge in [-0.25, -0.2) is 4.79 Å². The Morgan fingerprint density at radius 2 is 1.54 bits per heavy atom. The van der Waals surface area contributed by atoms with Gasteiger partial charge in [-0.3, -0.25) is 19.2 Å². The van der Waals surface area contributed by atoms with E-state index in [0.717, 1.165) is 5.75 Å². The molecule has 35 heavy (non-hydrogen) atoms. The van der Waals surface area contributed by atoms with E-state index in [4.69, 9.17) is 0 Å². The van der Waals surface area contributed by atoms with E-state index in [0.29, 0.717) is 57.9 Å². The van der Waals surface area contributed by atoms with E-state index < -0.39 is 24.0 Å². The minimum atomic E-state index is -1.14. The van der Waals surface area contributed by atoms with Crippen molar-refractivity contribution in [3.8, 4) is 0 Å². The fourth-order valence-corrected chi connectivity index (χ4v) is 3.77. The summed E-state index contributed by atoms with van der Waals surface area (Å²) in [5.41, 5.74) is 0. The van der Waals surface area contributed by atoms with Crippen LogP contribution >= 0.6 is 11.8 Å². The van der Waals surface area contributed by atoms with Crippen LogP contribution in [0.3, 0.4) is 0 Å². The molecule has 3 amide bonds. The first-order valence-electron chi connectivity index (χ1n) is 12.4. The highest BCUT2D eigenvalue weighted by molar-refractivity contribution is 7.98. The number of unbranched alkanes of at least 4 members (excludes halogenated alkanes) is 2. The Labute approximate surface area is 213 Å². The zero-order valence-electron chi connectivity index (χ0n) is 21.6. The van der Waals surface area contributed by atoms with Crippen LogP contribution in [0.2, 0.25) is 0 Å². The van der Waals surface area contributed by atoms with E-state index >= 15 is 0 Å². The second-order valence-corrected chi connectivity index (χ2v) is 9.76. The third kappa shape index (κ3) is 17.9. The molecule has 2 unspecified atom stereocenters. The SMILES string of the molecule is CCC(=O)CCCCC(=O)NCCCCC(NC(=O)CNC(=O)C(CCSC)NC(C)C)C(=O)O. The number of hydrogen-bond donors (Lipinski definition) is 5. The fourth-order valence-electron chi connectivity index (χ4n) is 3.30. The fraction of sp³-hybridized carbons (Fsp3) is 0.792. The number of thioether (sulfide) groups is 1. The van der Waals surface area contributed by atoms with E-state index in [1.807, 2.05) is 27.0 Å². The molecule has 0 rings (SSSR count). The lowest BCUT2D eigenvalue weighted by Gasteiger charge is -2.21. The number of carboxylic acid groups (broad SMARTS) is 1. The van der Waals surface area contributed by atoms with Crippen molar-refractivity contribution < 1.29 is 29.1 Å². The molecule has 0 aliphatic heterocycles. The van der Waals surface area contributed by atoms with E-state index in [-0.39, 0.29) is 36.6 Å². The lowest BCUT2D eigenvalue weighted by Crippen LogP contribution is -2.51. The summed E-state index contributed by atoms with van der Waals surface area (Å²) in [4.78, 5) is 59.2. The van der Waals surface area contributed by atoms with Gasteiger partial charge in [0.1, 0.15) is 11.8 Å². The number of amides is 3. The first kappa shape index (κ1) is 32.9. The summed E-state index contributed by atoms with van der Waals surface area (Å²) in [7, 11) is 0. The topological polar surface area (TPSA) is 154 Å². The molecule has 0 spiro atoms. The van der Waals surface area contributed by atoms with Crippen molar-refractivity contribution in [2.45, 2.75) is 96.7 Å². The molecular weight excluding hydrogens is 472 g/mol. The quantitative estimate of drug-likeness (QED) is 0.144. The minimum Gasteiger partial charge on any atom is -0.480 e. The molecule has 0 aliphatic rings. The number of Topliss-reactive ketones (excluding diaryl/α,β-unsaturated/α-hetero) is 1. The lowest BCUT2D eigenvalue weighted by atomic mass is 10.1. The molecule has 0 aromatic heterocycles. The second kappa shape index (κ2) is 20.1. The van der Waals surface area contributed by atoms with Crippen LogP contribution in [0.4, 0.5) is 0 Å². The number of nitrogens with one attached hydrogen (secondary N) is 4. The maximum atomic E-state index is 12.4. The number of ketones is 1. The zero-order chi connectivity index (χ0) is 26.6. The first-order valence-corrected chi connectivity index (χ1v) is 13.8. The van der Waals surface area contributed by atoms with E-state index in [2.05, 4.69) is 21.3 Å². The van der Waals surface area contributed by atoms with E-state index in [1.165, 1.54) is 0 Å². The van der Waals surface area contributed by atoms with Crippen LogP contribution in [-0.2, 0) is 24.0 Å². The second-order valence-electron chi connectivity index (χ2n) is 8.78. The molecule has 0 saturated carbocycles. The lowest BCUT2D eigenvalue weighted by molar-refractivity contribution is -0.142. The van der Waals surface area contributed by atoms with Crippen molar-refractivity contribution >= 4 is 41.2 Å². The van der Waals surface area contributed by atoms with Gasteiger partial charge in [0.15, 0.2) is 0 Å². The standard InChI is InChI=1S/C24H44N4O6S/c1-5-18(29)10-6-7-12-21(30)25-14-9-8-11-20(24(33)34)28-22(31)16-26-23(32)19(13-15-35-4)27-17(2)3/h17,19-20,27H,5-16H2,1-4H3,(H,25,30)(H,26,32)(H,28,31)(H,33,34). The predicted octanol–water partition coefficient (Wildman–Crippen LogP) is 1.62. The summed E-state index contributed by atoms with van der Waals surface area (Å²) >= 11 is 1.63. The van der Waals surface area contributed by atoms with Crippen LogP contribution in [0.15, 0.2) is 0 Å². The van der Waals surface area contributed by atoms with Crippen molar-refractivity contribution in [1.82, 2.24) is 21.3 Å². The van der Waals surface area contributed by atoms with Crippen molar-refractivity contribution in [1.29, 1.82) is 0 Å². The Morgan fingerprint density at radius 1 is 0.857 bits per heavy atom. The van der Waals surface area contributed by atoms with E-state index in [1.54, 1.807) is 11.8 Å². The number of carbonyl (C=O) groups excluding carboxylic acids is 4. The highest BCUT2D eigenvalue weighted by atomic mass is 32.2. The minimum absolute atomic E-state index is 0.0874. The van der Waals surface area contributed by atoms with Gasteiger partial charge >= 0.3 is 5.97 Å². The Morgan fingerprint density at radius 3 is 2.14 bits per heavy atom. The summed E-state index contributed by atoms with van der Waals surface area (Å²) in [6.45, 7) is 5.82. The van der Waals surface area contributed by atoms with Gasteiger partial charge in [-0.15, -0.1) is 0 Å². The Hall–Kier alpha value is -2.14. The summed E-state index contributed by atoms with van der Waals surface area (Å²) < 4.78 is 0. The average molecular weight is 517 g/mol. The maximum absolute atomic E-state index is 12.4. The normalized spacial score (nSPS) is 12.6. The molecule has 2 atom stereocenters. The molecule has 11 heteroatoms. The summed E-state index contributed by atoms with van der Waals surface area (Å²) in [6, 6.07) is -1.37. The first-order chi connectivity index (χ1) is 16.6. The van der Waals surface area contributed by atoms with Gasteiger partial charge in [0.2, 0.25) is 17.7 Å². The average Bonchev–Trinajstić information content (AvgIpc) is 2.81. The molecule has 202 valence electrons. The Balaban J connectivity index is 4.23. The van der Waals surface area contributed by atoms with Gasteiger partial charge in [0.05, 0.1) is 12.6 Å². The number of carboxylic acids is 1. The molecular formula is C24H44N4O6S. The summed E-state index contributed by atoms with van der Waals surface area (Å²) in [5.74, 6) is -1.08. The van der Waals surface area contributed by atoms with Crippen LogP contribution in [0, 0.1) is 0 Å². The van der Waals surface area contributed by atoms with Gasteiger partial charge < -0.3 is 26.4 Å². The molecule has 0 aromatic carbocycles. The van der Waals surface area contributed by atoms with Gasteiger partial charge in [0.25, 0.3) is 0 Å². The smallest absolute Gasteiger partial charge is 0.326 e. The van der Waals surface area contributed by atoms with E-state index in [9.17, 15) is 29.1 Å².